The third-order valence-electron chi connectivity index (χ3n) is 9.39. The summed E-state index contributed by atoms with van der Waals surface area (Å²) in [5, 5.41) is 0. The number of aryl methyl sites for hydroxylation is 4. The van der Waals surface area contributed by atoms with E-state index in [1.165, 1.54) is 107 Å². The highest BCUT2D eigenvalue weighted by Gasteiger charge is 2.20. The molecule has 5 aromatic heterocycles. The van der Waals surface area contributed by atoms with E-state index >= 15 is 0 Å². The first-order chi connectivity index (χ1) is 23.1. The highest BCUT2D eigenvalue weighted by atomic mass is 32.1. The zero-order chi connectivity index (χ0) is 32.3. The summed E-state index contributed by atoms with van der Waals surface area (Å²) in [6.45, 7) is 8.89. The quantitative estimate of drug-likeness (QED) is 0.112. The Morgan fingerprint density at radius 3 is 1.34 bits per heavy atom. The number of rotatable bonds is 14. The maximum atomic E-state index is 4.79. The van der Waals surface area contributed by atoms with Crippen molar-refractivity contribution < 1.29 is 0 Å². The Bertz CT molecular complexity index is 1970. The predicted molar refractivity (Wildman–Crippen MR) is 202 cm³/mol. The van der Waals surface area contributed by atoms with Gasteiger partial charge in [0, 0.05) is 54.8 Å². The molecule has 0 atom stereocenters. The standard InChI is InChI=1S/C38H42N6S3/c1-5-7-9-11-13-25-21-31(39-23(25)3)27-15-17-29(37-35(27)41-46-43-37)33-19-20-34(45-33)30-18-16-28(36-38(30)44-47-42-36)32-22-26(24(4)40-32)14-12-10-8-6-2/h15-22,39-40H,5-14H2,1-4H3. The summed E-state index contributed by atoms with van der Waals surface area (Å²) in [4.78, 5) is 9.64. The van der Waals surface area contributed by atoms with Gasteiger partial charge in [0.2, 0.25) is 0 Å². The molecule has 242 valence electrons. The van der Waals surface area contributed by atoms with Gasteiger partial charge in [0.1, 0.15) is 22.1 Å². The maximum Gasteiger partial charge on any atom is 0.114 e. The van der Waals surface area contributed by atoms with Crippen LogP contribution in [0.2, 0.25) is 0 Å². The number of H-pyrrole nitrogens is 2. The van der Waals surface area contributed by atoms with Crippen LogP contribution in [-0.4, -0.2) is 27.5 Å². The lowest BCUT2D eigenvalue weighted by Gasteiger charge is -2.05. The summed E-state index contributed by atoms with van der Waals surface area (Å²) in [6, 6.07) is 17.9. The number of hydrogen-bond acceptors (Lipinski definition) is 7. The summed E-state index contributed by atoms with van der Waals surface area (Å²) in [6.07, 6.45) is 12.4. The van der Waals surface area contributed by atoms with E-state index < -0.39 is 0 Å². The minimum atomic E-state index is 0.959. The maximum absolute atomic E-state index is 4.79. The third kappa shape index (κ3) is 6.45. The molecule has 7 aromatic rings. The smallest absolute Gasteiger partial charge is 0.114 e. The van der Waals surface area contributed by atoms with Gasteiger partial charge in [-0.05, 0) is 87.1 Å². The summed E-state index contributed by atoms with van der Waals surface area (Å²) in [5.41, 5.74) is 15.9. The van der Waals surface area contributed by atoms with Crippen LogP contribution in [0.15, 0.2) is 48.5 Å². The van der Waals surface area contributed by atoms with Gasteiger partial charge in [-0.3, -0.25) is 0 Å². The fraction of sp³-hybridized carbons (Fsp3) is 0.368. The van der Waals surface area contributed by atoms with E-state index in [9.17, 15) is 0 Å². The molecule has 0 aliphatic rings. The van der Waals surface area contributed by atoms with Gasteiger partial charge >= 0.3 is 0 Å². The fourth-order valence-corrected chi connectivity index (χ4v) is 8.89. The molecule has 0 aliphatic carbocycles. The van der Waals surface area contributed by atoms with Crippen LogP contribution in [0.25, 0.3) is 65.5 Å². The van der Waals surface area contributed by atoms with E-state index in [0.717, 1.165) is 68.6 Å². The van der Waals surface area contributed by atoms with Gasteiger partial charge in [-0.1, -0.05) is 64.5 Å². The Balaban J connectivity index is 1.16. The number of thiophene rings is 1. The van der Waals surface area contributed by atoms with Crippen LogP contribution in [0.4, 0.5) is 0 Å². The molecular formula is C38H42N6S3. The molecule has 0 saturated heterocycles. The molecule has 5 heterocycles. The minimum Gasteiger partial charge on any atom is -0.358 e. The van der Waals surface area contributed by atoms with Crippen molar-refractivity contribution in [2.45, 2.75) is 91.9 Å². The van der Waals surface area contributed by atoms with Crippen molar-refractivity contribution >= 4 is 56.9 Å². The second-order valence-electron chi connectivity index (χ2n) is 12.7. The first kappa shape index (κ1) is 31.9. The van der Waals surface area contributed by atoms with Crippen molar-refractivity contribution in [1.82, 2.24) is 27.5 Å². The monoisotopic (exact) mass is 678 g/mol. The number of aromatic amines is 2. The number of fused-ring (bicyclic) bond motifs is 2. The van der Waals surface area contributed by atoms with Crippen molar-refractivity contribution in [1.29, 1.82) is 0 Å². The predicted octanol–water partition coefficient (Wildman–Crippen LogP) is 11.9. The van der Waals surface area contributed by atoms with E-state index in [-0.39, 0.29) is 0 Å². The molecule has 0 radical (unpaired) electrons. The first-order valence-corrected chi connectivity index (χ1v) is 19.3. The molecule has 0 unspecified atom stereocenters. The Labute approximate surface area is 289 Å². The van der Waals surface area contributed by atoms with Crippen molar-refractivity contribution in [2.24, 2.45) is 0 Å². The van der Waals surface area contributed by atoms with E-state index in [2.05, 4.69) is 86.2 Å². The van der Waals surface area contributed by atoms with E-state index in [1.807, 2.05) is 0 Å². The fourth-order valence-electron chi connectivity index (χ4n) is 6.69. The van der Waals surface area contributed by atoms with Crippen molar-refractivity contribution in [3.8, 4) is 43.4 Å². The summed E-state index contributed by atoms with van der Waals surface area (Å²) in [5.74, 6) is 0. The Morgan fingerprint density at radius 1 is 0.511 bits per heavy atom. The van der Waals surface area contributed by atoms with Crippen LogP contribution in [0.1, 0.15) is 87.7 Å². The Hall–Kier alpha value is -3.66. The Kier molecular flexibility index (Phi) is 9.65. The highest BCUT2D eigenvalue weighted by molar-refractivity contribution is 7.19. The van der Waals surface area contributed by atoms with Gasteiger partial charge in [0.25, 0.3) is 0 Å². The molecule has 0 saturated carbocycles. The second-order valence-corrected chi connectivity index (χ2v) is 14.8. The van der Waals surface area contributed by atoms with Gasteiger partial charge < -0.3 is 9.97 Å². The van der Waals surface area contributed by atoms with E-state index in [0.29, 0.717) is 0 Å². The first-order valence-electron chi connectivity index (χ1n) is 17.0. The summed E-state index contributed by atoms with van der Waals surface area (Å²) < 4.78 is 19.1. The Morgan fingerprint density at radius 2 is 0.915 bits per heavy atom. The average Bonchev–Trinajstić information content (AvgIpc) is 3.92. The normalized spacial score (nSPS) is 11.8. The van der Waals surface area contributed by atoms with Crippen LogP contribution >= 0.6 is 34.8 Å². The van der Waals surface area contributed by atoms with Gasteiger partial charge in [0.05, 0.1) is 23.5 Å². The molecule has 0 amide bonds. The van der Waals surface area contributed by atoms with Crippen molar-refractivity contribution in [3.63, 3.8) is 0 Å². The van der Waals surface area contributed by atoms with Gasteiger partial charge in [-0.15, -0.1) is 11.3 Å². The molecule has 0 spiro atoms. The lowest BCUT2D eigenvalue weighted by atomic mass is 10.0. The number of nitrogens with zero attached hydrogens (tertiary/aromatic N) is 4. The molecule has 7 rings (SSSR count). The summed E-state index contributed by atoms with van der Waals surface area (Å²) >= 11 is 4.35. The lowest BCUT2D eigenvalue weighted by Crippen LogP contribution is -1.86. The number of hydrogen-bond donors (Lipinski definition) is 2. The molecule has 2 aromatic carbocycles. The van der Waals surface area contributed by atoms with Gasteiger partial charge in [0.15, 0.2) is 0 Å². The lowest BCUT2D eigenvalue weighted by molar-refractivity contribution is 0.666. The van der Waals surface area contributed by atoms with Crippen molar-refractivity contribution in [3.05, 3.63) is 71.0 Å². The molecular weight excluding hydrogens is 637 g/mol. The number of unbranched alkanes of at least 4 members (excludes halogenated alkanes) is 6. The second kappa shape index (κ2) is 14.2. The average molecular weight is 679 g/mol. The zero-order valence-corrected chi connectivity index (χ0v) is 30.2. The van der Waals surface area contributed by atoms with Gasteiger partial charge in [-0.2, -0.15) is 17.5 Å². The van der Waals surface area contributed by atoms with E-state index in [4.69, 9.17) is 17.5 Å². The topological polar surface area (TPSA) is 83.1 Å². The summed E-state index contributed by atoms with van der Waals surface area (Å²) in [7, 11) is 0. The van der Waals surface area contributed by atoms with Gasteiger partial charge in [-0.25, -0.2) is 0 Å². The third-order valence-corrected chi connectivity index (χ3v) is 11.6. The molecule has 47 heavy (non-hydrogen) atoms. The minimum absolute atomic E-state index is 0.959. The molecule has 0 bridgehead atoms. The number of nitrogens with one attached hydrogen (secondary N) is 2. The van der Waals surface area contributed by atoms with Crippen LogP contribution < -0.4 is 0 Å². The zero-order valence-electron chi connectivity index (χ0n) is 27.7. The van der Waals surface area contributed by atoms with Crippen molar-refractivity contribution in [2.75, 3.05) is 0 Å². The number of aromatic nitrogens is 6. The largest absolute Gasteiger partial charge is 0.358 e. The molecule has 0 fully saturated rings. The van der Waals surface area contributed by atoms with Crippen LogP contribution in [0, 0.1) is 13.8 Å². The SMILES string of the molecule is CCCCCCc1cc(-c2ccc(-c3ccc(-c4ccc(-c5cc(CCCCCC)c(C)[nH]5)c5nsnc45)s3)c3nsnc23)[nH]c1C. The highest BCUT2D eigenvalue weighted by Crippen LogP contribution is 2.42. The van der Waals surface area contributed by atoms with Crippen LogP contribution in [-0.2, 0) is 12.8 Å². The number of benzene rings is 2. The van der Waals surface area contributed by atoms with Crippen LogP contribution in [0.3, 0.4) is 0 Å². The van der Waals surface area contributed by atoms with E-state index in [1.54, 1.807) is 11.3 Å². The molecule has 2 N–H and O–H groups in total. The molecule has 0 aliphatic heterocycles. The molecule has 6 nitrogen and oxygen atoms in total. The van der Waals surface area contributed by atoms with Crippen LogP contribution in [0.5, 0.6) is 0 Å². The molecule has 9 heteroatoms.